The lowest BCUT2D eigenvalue weighted by molar-refractivity contribution is 0.368. The molecule has 0 fully saturated rings. The topological polar surface area (TPSA) is 69.6 Å². The van der Waals surface area contributed by atoms with Crippen LogP contribution in [0.15, 0.2) is 21.3 Å². The summed E-state index contributed by atoms with van der Waals surface area (Å²) in [7, 11) is 0. The van der Waals surface area contributed by atoms with Gasteiger partial charge in [-0.2, -0.15) is 4.98 Å². The predicted octanol–water partition coefficient (Wildman–Crippen LogP) is 2.87. The van der Waals surface area contributed by atoms with Crippen LogP contribution in [0.25, 0.3) is 11.2 Å². The van der Waals surface area contributed by atoms with Crippen molar-refractivity contribution in [3.63, 3.8) is 0 Å². The molecule has 0 saturated heterocycles. The molecule has 0 aliphatic heterocycles. The Morgan fingerprint density at radius 1 is 1.40 bits per heavy atom. The molecule has 0 aliphatic rings. The maximum absolute atomic E-state index is 5.95. The second-order valence-corrected chi connectivity index (χ2v) is 5.48. The number of hydrogen-bond acceptors (Lipinski definition) is 5. The van der Waals surface area contributed by atoms with Gasteiger partial charge in [-0.25, -0.2) is 9.97 Å². The number of imidazole rings is 1. The van der Waals surface area contributed by atoms with Crippen molar-refractivity contribution in [3.05, 3.63) is 34.3 Å². The molecule has 104 valence electrons. The lowest BCUT2D eigenvalue weighted by Gasteiger charge is -2.04. The van der Waals surface area contributed by atoms with E-state index in [-0.39, 0.29) is 0 Å². The van der Waals surface area contributed by atoms with E-state index in [4.69, 9.17) is 16.1 Å². The van der Waals surface area contributed by atoms with Gasteiger partial charge < -0.3 is 9.09 Å². The quantitative estimate of drug-likeness (QED) is 0.672. The molecule has 0 amide bonds. The van der Waals surface area contributed by atoms with E-state index in [0.29, 0.717) is 30.6 Å². The van der Waals surface area contributed by atoms with Crippen molar-refractivity contribution in [1.29, 1.82) is 0 Å². The molecule has 3 aromatic rings. The van der Waals surface area contributed by atoms with E-state index in [1.54, 1.807) is 13.1 Å². The number of pyridine rings is 1. The largest absolute Gasteiger partial charge is 0.339 e. The number of aryl methyl sites for hydroxylation is 3. The zero-order valence-electron chi connectivity index (χ0n) is 10.7. The Morgan fingerprint density at radius 2 is 2.25 bits per heavy atom. The minimum absolute atomic E-state index is 0.330. The molecule has 0 saturated carbocycles. The molecule has 0 unspecified atom stereocenters. The molecular formula is C12H11BrClN5O. The molecular weight excluding hydrogens is 346 g/mol. The summed E-state index contributed by atoms with van der Waals surface area (Å²) < 4.78 is 7.98. The van der Waals surface area contributed by atoms with Gasteiger partial charge in [-0.05, 0) is 28.9 Å². The summed E-state index contributed by atoms with van der Waals surface area (Å²) in [5.41, 5.74) is 1.62. The summed E-state index contributed by atoms with van der Waals surface area (Å²) in [6.07, 6.45) is 2.36. The van der Waals surface area contributed by atoms with Crippen molar-refractivity contribution in [2.75, 3.05) is 0 Å². The zero-order valence-corrected chi connectivity index (χ0v) is 13.0. The fraction of sp³-hybridized carbons (Fsp3) is 0.333. The van der Waals surface area contributed by atoms with E-state index >= 15 is 0 Å². The number of halogens is 2. The summed E-state index contributed by atoms with van der Waals surface area (Å²) in [5, 5.41) is 3.77. The molecule has 0 bridgehead atoms. The summed E-state index contributed by atoms with van der Waals surface area (Å²) in [6, 6.07) is 1.92. The van der Waals surface area contributed by atoms with Crippen LogP contribution in [-0.2, 0) is 18.8 Å². The maximum Gasteiger partial charge on any atom is 0.228 e. The second kappa shape index (κ2) is 5.49. The Balaban J connectivity index is 1.93. The molecule has 3 rings (SSSR count). The highest BCUT2D eigenvalue weighted by Gasteiger charge is 2.13. The first-order chi connectivity index (χ1) is 9.67. The fourth-order valence-corrected chi connectivity index (χ4v) is 2.54. The Morgan fingerprint density at radius 3 is 2.95 bits per heavy atom. The first-order valence-corrected chi connectivity index (χ1v) is 7.36. The average Bonchev–Trinajstić information content (AvgIpc) is 2.99. The first kappa shape index (κ1) is 13.5. The zero-order chi connectivity index (χ0) is 14.1. The van der Waals surface area contributed by atoms with Crippen LogP contribution in [0, 0.1) is 6.92 Å². The van der Waals surface area contributed by atoms with Gasteiger partial charge in [0.2, 0.25) is 5.89 Å². The lowest BCUT2D eigenvalue weighted by atomic mass is 10.4. The van der Waals surface area contributed by atoms with Crippen molar-refractivity contribution >= 4 is 38.7 Å². The second-order valence-electron chi connectivity index (χ2n) is 4.29. The van der Waals surface area contributed by atoms with E-state index < -0.39 is 0 Å². The predicted molar refractivity (Wildman–Crippen MR) is 77.5 cm³/mol. The lowest BCUT2D eigenvalue weighted by Crippen LogP contribution is -2.06. The van der Waals surface area contributed by atoms with Crippen molar-refractivity contribution in [1.82, 2.24) is 24.7 Å². The molecule has 0 spiro atoms. The fourth-order valence-electron chi connectivity index (χ4n) is 2.02. The highest BCUT2D eigenvalue weighted by molar-refractivity contribution is 9.10. The monoisotopic (exact) mass is 355 g/mol. The number of fused-ring (bicyclic) bond motifs is 1. The SMILES string of the molecule is Cc1noc(CCn2c(CCl)nc3cc(Br)cnc32)n1. The molecule has 0 aromatic carbocycles. The third-order valence-corrected chi connectivity index (χ3v) is 3.54. The van der Waals surface area contributed by atoms with Gasteiger partial charge in [0.05, 0.1) is 5.88 Å². The Bertz CT molecular complexity index is 753. The molecule has 8 heteroatoms. The third-order valence-electron chi connectivity index (χ3n) is 2.87. The summed E-state index contributed by atoms with van der Waals surface area (Å²) in [5.74, 6) is 2.34. The highest BCUT2D eigenvalue weighted by atomic mass is 79.9. The van der Waals surface area contributed by atoms with Gasteiger partial charge in [-0.1, -0.05) is 5.16 Å². The van der Waals surface area contributed by atoms with Crippen LogP contribution >= 0.6 is 27.5 Å². The van der Waals surface area contributed by atoms with Crippen molar-refractivity contribution < 1.29 is 4.52 Å². The molecule has 3 heterocycles. The minimum atomic E-state index is 0.330. The van der Waals surface area contributed by atoms with Gasteiger partial charge in [0, 0.05) is 23.6 Å². The van der Waals surface area contributed by atoms with Gasteiger partial charge in [0.15, 0.2) is 11.5 Å². The summed E-state index contributed by atoms with van der Waals surface area (Å²) in [4.78, 5) is 13.1. The van der Waals surface area contributed by atoms with Crippen LogP contribution in [-0.4, -0.2) is 24.7 Å². The van der Waals surface area contributed by atoms with E-state index in [1.165, 1.54) is 0 Å². The molecule has 0 atom stereocenters. The van der Waals surface area contributed by atoms with Gasteiger partial charge in [-0.15, -0.1) is 11.6 Å². The van der Waals surface area contributed by atoms with Crippen LogP contribution in [0.5, 0.6) is 0 Å². The number of nitrogens with zero attached hydrogens (tertiary/aromatic N) is 5. The summed E-state index contributed by atoms with van der Waals surface area (Å²) >= 11 is 9.34. The maximum atomic E-state index is 5.95. The Kier molecular flexibility index (Phi) is 3.71. The number of alkyl halides is 1. The molecule has 0 N–H and O–H groups in total. The Labute approximate surface area is 128 Å². The number of rotatable bonds is 4. The van der Waals surface area contributed by atoms with E-state index in [9.17, 15) is 0 Å². The average molecular weight is 357 g/mol. The minimum Gasteiger partial charge on any atom is -0.339 e. The van der Waals surface area contributed by atoms with E-state index in [2.05, 4.69) is 36.0 Å². The van der Waals surface area contributed by atoms with Gasteiger partial charge >= 0.3 is 0 Å². The molecule has 6 nitrogen and oxygen atoms in total. The van der Waals surface area contributed by atoms with Gasteiger partial charge in [0.25, 0.3) is 0 Å². The third kappa shape index (κ3) is 2.55. The normalized spacial score (nSPS) is 11.3. The van der Waals surface area contributed by atoms with Crippen molar-refractivity contribution in [2.24, 2.45) is 0 Å². The van der Waals surface area contributed by atoms with Crippen LogP contribution in [0.4, 0.5) is 0 Å². The van der Waals surface area contributed by atoms with E-state index in [0.717, 1.165) is 21.5 Å². The van der Waals surface area contributed by atoms with Crippen molar-refractivity contribution in [3.8, 4) is 0 Å². The molecule has 20 heavy (non-hydrogen) atoms. The van der Waals surface area contributed by atoms with Crippen LogP contribution in [0.1, 0.15) is 17.5 Å². The molecule has 3 aromatic heterocycles. The van der Waals surface area contributed by atoms with Crippen molar-refractivity contribution in [2.45, 2.75) is 25.8 Å². The van der Waals surface area contributed by atoms with Crippen LogP contribution in [0.3, 0.4) is 0 Å². The first-order valence-electron chi connectivity index (χ1n) is 6.03. The smallest absolute Gasteiger partial charge is 0.228 e. The summed E-state index contributed by atoms with van der Waals surface area (Å²) in [6.45, 7) is 2.44. The Hall–Kier alpha value is -1.47. The van der Waals surface area contributed by atoms with Gasteiger partial charge in [-0.3, -0.25) is 0 Å². The van der Waals surface area contributed by atoms with Gasteiger partial charge in [0.1, 0.15) is 11.3 Å². The number of aromatic nitrogens is 5. The van der Waals surface area contributed by atoms with Crippen LogP contribution in [0.2, 0.25) is 0 Å². The standard InChI is InChI=1S/C12H11BrClN5O/c1-7-16-11(20-18-7)2-3-19-10(5-14)17-9-4-8(13)6-15-12(9)19/h4,6H,2-3,5H2,1H3. The van der Waals surface area contributed by atoms with Crippen LogP contribution < -0.4 is 0 Å². The van der Waals surface area contributed by atoms with E-state index in [1.807, 2.05) is 10.6 Å². The number of hydrogen-bond donors (Lipinski definition) is 0. The highest BCUT2D eigenvalue weighted by Crippen LogP contribution is 2.20. The molecule has 0 radical (unpaired) electrons. The molecule has 0 aliphatic carbocycles.